The second-order valence-corrected chi connectivity index (χ2v) is 3.03. The summed E-state index contributed by atoms with van der Waals surface area (Å²) in [6, 6.07) is 2.55. The van der Waals surface area contributed by atoms with Crippen molar-refractivity contribution in [2.45, 2.75) is 6.04 Å². The number of carbonyl (C=O) groups is 1. The number of carboxylic acids is 1. The second-order valence-electron chi connectivity index (χ2n) is 3.03. The molecule has 1 aliphatic heterocycles. The van der Waals surface area contributed by atoms with E-state index in [0.29, 0.717) is 17.6 Å². The van der Waals surface area contributed by atoms with Crippen molar-refractivity contribution >= 4 is 11.5 Å². The van der Waals surface area contributed by atoms with Gasteiger partial charge in [-0.05, 0) is 17.7 Å². The molecule has 0 bridgehead atoms. The lowest BCUT2D eigenvalue weighted by atomic mass is 10.1. The van der Waals surface area contributed by atoms with E-state index in [9.17, 15) is 4.79 Å². The minimum Gasteiger partial charge on any atom is -0.480 e. The Morgan fingerprint density at radius 1 is 1.64 bits per heavy atom. The fourth-order valence-electron chi connectivity index (χ4n) is 1.43. The molecule has 1 aromatic heterocycles. The smallest absolute Gasteiger partial charge is 0.324 e. The van der Waals surface area contributed by atoms with Gasteiger partial charge in [0.2, 0.25) is 0 Å². The SMILES string of the molecule is N[C@@H](C(=O)O)C1=c2cccnc2=NC1. The summed E-state index contributed by atoms with van der Waals surface area (Å²) in [6.45, 7) is 0.333. The third kappa shape index (κ3) is 1.27. The van der Waals surface area contributed by atoms with Crippen molar-refractivity contribution in [1.29, 1.82) is 0 Å². The molecule has 0 radical (unpaired) electrons. The molecule has 0 spiro atoms. The van der Waals surface area contributed by atoms with Crippen LogP contribution in [0.2, 0.25) is 0 Å². The predicted octanol–water partition coefficient (Wildman–Crippen LogP) is -1.72. The lowest BCUT2D eigenvalue weighted by molar-refractivity contribution is -0.137. The standard InChI is InChI=1S/C9H9N3O2/c10-7(9(13)14)6-4-12-8-5(6)2-1-3-11-8/h1-3,7H,4,10H2,(H,13,14)/t7-/m1/s1. The zero-order valence-electron chi connectivity index (χ0n) is 7.34. The third-order valence-corrected chi connectivity index (χ3v) is 2.17. The van der Waals surface area contributed by atoms with E-state index in [0.717, 1.165) is 5.22 Å². The fourth-order valence-corrected chi connectivity index (χ4v) is 1.43. The fraction of sp³-hybridized carbons (Fsp3) is 0.222. The van der Waals surface area contributed by atoms with Crippen LogP contribution in [0.4, 0.5) is 0 Å². The molecule has 0 saturated carbocycles. The molecule has 0 saturated heterocycles. The number of fused-ring (bicyclic) bond motifs is 1. The summed E-state index contributed by atoms with van der Waals surface area (Å²) in [5, 5.41) is 9.51. The van der Waals surface area contributed by atoms with Gasteiger partial charge in [0.25, 0.3) is 0 Å². The average molecular weight is 191 g/mol. The summed E-state index contributed by atoms with van der Waals surface area (Å²) in [7, 11) is 0. The molecule has 0 unspecified atom stereocenters. The van der Waals surface area contributed by atoms with Gasteiger partial charge in [-0.2, -0.15) is 0 Å². The van der Waals surface area contributed by atoms with Crippen LogP contribution in [0.1, 0.15) is 0 Å². The predicted molar refractivity (Wildman–Crippen MR) is 48.9 cm³/mol. The summed E-state index contributed by atoms with van der Waals surface area (Å²) in [5.41, 5.74) is 6.72. The first-order valence-corrected chi connectivity index (χ1v) is 4.17. The van der Waals surface area contributed by atoms with Gasteiger partial charge in [0, 0.05) is 11.4 Å². The summed E-state index contributed by atoms with van der Waals surface area (Å²) >= 11 is 0. The molecule has 0 fully saturated rings. The number of aliphatic carboxylic acids is 1. The van der Waals surface area contributed by atoms with Crippen LogP contribution in [-0.2, 0) is 4.79 Å². The van der Waals surface area contributed by atoms with Gasteiger partial charge in [-0.1, -0.05) is 0 Å². The minimum atomic E-state index is -1.04. The Morgan fingerprint density at radius 3 is 3.14 bits per heavy atom. The number of nitrogens with zero attached hydrogens (tertiary/aromatic N) is 2. The van der Waals surface area contributed by atoms with Crippen LogP contribution in [0.15, 0.2) is 23.3 Å². The molecule has 1 aliphatic rings. The Kier molecular flexibility index (Phi) is 2.01. The maximum absolute atomic E-state index is 10.7. The van der Waals surface area contributed by atoms with Crippen LogP contribution in [0.3, 0.4) is 0 Å². The van der Waals surface area contributed by atoms with Crippen molar-refractivity contribution in [2.75, 3.05) is 6.54 Å². The molecule has 1 aromatic rings. The highest BCUT2D eigenvalue weighted by atomic mass is 16.4. The second kappa shape index (κ2) is 3.19. The molecule has 3 N–H and O–H groups in total. The van der Waals surface area contributed by atoms with Gasteiger partial charge in [-0.3, -0.25) is 9.79 Å². The molecular weight excluding hydrogens is 182 g/mol. The number of nitrogens with two attached hydrogens (primary N) is 1. The van der Waals surface area contributed by atoms with E-state index in [4.69, 9.17) is 10.8 Å². The van der Waals surface area contributed by atoms with Crippen molar-refractivity contribution in [1.82, 2.24) is 4.98 Å². The van der Waals surface area contributed by atoms with Crippen LogP contribution >= 0.6 is 0 Å². The Hall–Kier alpha value is -1.75. The quantitative estimate of drug-likeness (QED) is 0.581. The maximum Gasteiger partial charge on any atom is 0.324 e. The highest BCUT2D eigenvalue weighted by Crippen LogP contribution is 2.01. The van der Waals surface area contributed by atoms with Crippen molar-refractivity contribution in [3.8, 4) is 0 Å². The van der Waals surface area contributed by atoms with Crippen LogP contribution < -0.4 is 16.4 Å². The average Bonchev–Trinajstić information content (AvgIpc) is 2.60. The van der Waals surface area contributed by atoms with E-state index in [-0.39, 0.29) is 0 Å². The van der Waals surface area contributed by atoms with Gasteiger partial charge in [-0.25, -0.2) is 4.98 Å². The normalized spacial score (nSPS) is 15.9. The van der Waals surface area contributed by atoms with Gasteiger partial charge >= 0.3 is 5.97 Å². The first kappa shape index (κ1) is 8.83. The monoisotopic (exact) mass is 191 g/mol. The maximum atomic E-state index is 10.7. The topological polar surface area (TPSA) is 88.6 Å². The lowest BCUT2D eigenvalue weighted by Gasteiger charge is -2.05. The van der Waals surface area contributed by atoms with Crippen LogP contribution in [0.5, 0.6) is 0 Å². The molecule has 14 heavy (non-hydrogen) atoms. The number of aromatic nitrogens is 1. The summed E-state index contributed by atoms with van der Waals surface area (Å²) in [6.07, 6.45) is 1.62. The first-order valence-electron chi connectivity index (χ1n) is 4.17. The van der Waals surface area contributed by atoms with E-state index in [1.807, 2.05) is 0 Å². The van der Waals surface area contributed by atoms with E-state index in [1.54, 1.807) is 18.3 Å². The molecule has 2 heterocycles. The van der Waals surface area contributed by atoms with Crippen molar-refractivity contribution in [3.05, 3.63) is 29.0 Å². The third-order valence-electron chi connectivity index (χ3n) is 2.17. The van der Waals surface area contributed by atoms with Gasteiger partial charge in [-0.15, -0.1) is 0 Å². The summed E-state index contributed by atoms with van der Waals surface area (Å²) < 4.78 is 0. The highest BCUT2D eigenvalue weighted by molar-refractivity contribution is 5.86. The number of pyridine rings is 1. The molecule has 5 heteroatoms. The Bertz CT molecular complexity index is 495. The van der Waals surface area contributed by atoms with Gasteiger partial charge in [0.05, 0.1) is 6.54 Å². The first-order chi connectivity index (χ1) is 6.70. The van der Waals surface area contributed by atoms with Crippen molar-refractivity contribution in [2.24, 2.45) is 10.7 Å². The largest absolute Gasteiger partial charge is 0.480 e. The zero-order chi connectivity index (χ0) is 10.1. The molecule has 0 aliphatic carbocycles. The highest BCUT2D eigenvalue weighted by Gasteiger charge is 2.20. The number of hydrogen-bond acceptors (Lipinski definition) is 4. The van der Waals surface area contributed by atoms with E-state index in [1.165, 1.54) is 0 Å². The number of carboxylic acid groups (broad SMARTS) is 1. The molecule has 0 amide bonds. The number of rotatable bonds is 2. The van der Waals surface area contributed by atoms with Crippen molar-refractivity contribution < 1.29 is 9.90 Å². The molecule has 5 nitrogen and oxygen atoms in total. The Morgan fingerprint density at radius 2 is 2.43 bits per heavy atom. The zero-order valence-corrected chi connectivity index (χ0v) is 7.34. The van der Waals surface area contributed by atoms with Gasteiger partial charge in [0.1, 0.15) is 6.04 Å². The van der Waals surface area contributed by atoms with E-state index < -0.39 is 12.0 Å². The molecule has 0 aromatic carbocycles. The van der Waals surface area contributed by atoms with E-state index in [2.05, 4.69) is 9.98 Å². The van der Waals surface area contributed by atoms with Gasteiger partial charge < -0.3 is 10.8 Å². The Labute approximate surface area is 79.6 Å². The molecule has 2 rings (SSSR count). The van der Waals surface area contributed by atoms with Crippen LogP contribution in [0.25, 0.3) is 5.57 Å². The lowest BCUT2D eigenvalue weighted by Crippen LogP contribution is -2.37. The number of hydrogen-bond donors (Lipinski definition) is 2. The van der Waals surface area contributed by atoms with Gasteiger partial charge in [0.15, 0.2) is 5.49 Å². The summed E-state index contributed by atoms with van der Waals surface area (Å²) in [5.74, 6) is -1.04. The van der Waals surface area contributed by atoms with Crippen LogP contribution in [-0.4, -0.2) is 28.6 Å². The molecular formula is C9H9N3O2. The molecule has 1 atom stereocenters. The van der Waals surface area contributed by atoms with Crippen LogP contribution in [0, 0.1) is 0 Å². The minimum absolute atomic E-state index is 0.333. The van der Waals surface area contributed by atoms with E-state index >= 15 is 0 Å². The summed E-state index contributed by atoms with van der Waals surface area (Å²) in [4.78, 5) is 18.8. The Balaban J connectivity index is 2.61. The van der Waals surface area contributed by atoms with Crippen molar-refractivity contribution in [3.63, 3.8) is 0 Å². The molecule has 72 valence electrons.